The average molecular weight is 335 g/mol. The molecule has 2 aromatic rings. The van der Waals surface area contributed by atoms with Crippen molar-refractivity contribution in [3.05, 3.63) is 52.1 Å². The number of hydrogen-bond donors (Lipinski definition) is 1. The standard InChI is InChI=1S/C16H19BrN2O/c1-3-9-18-16-6-4-5-14(19-16)11-20-15-8-7-13(17)10-12(15)2/h4-8,10H,3,9,11H2,1-2H3,(H,18,19). The minimum Gasteiger partial charge on any atom is -0.487 e. The molecule has 1 aromatic carbocycles. The van der Waals surface area contributed by atoms with E-state index in [0.29, 0.717) is 6.61 Å². The smallest absolute Gasteiger partial charge is 0.130 e. The van der Waals surface area contributed by atoms with E-state index in [0.717, 1.165) is 40.3 Å². The third-order valence-corrected chi connectivity index (χ3v) is 3.37. The molecular formula is C16H19BrN2O. The van der Waals surface area contributed by atoms with Crippen LogP contribution in [0.3, 0.4) is 0 Å². The summed E-state index contributed by atoms with van der Waals surface area (Å²) in [5.74, 6) is 1.79. The Bertz CT molecular complexity index is 572. The molecular weight excluding hydrogens is 316 g/mol. The monoisotopic (exact) mass is 334 g/mol. The molecule has 20 heavy (non-hydrogen) atoms. The van der Waals surface area contributed by atoms with Crippen molar-refractivity contribution in [1.82, 2.24) is 4.98 Å². The molecule has 4 heteroatoms. The van der Waals surface area contributed by atoms with Crippen LogP contribution >= 0.6 is 15.9 Å². The SMILES string of the molecule is CCCNc1cccc(COc2ccc(Br)cc2C)n1. The van der Waals surface area contributed by atoms with E-state index in [-0.39, 0.29) is 0 Å². The van der Waals surface area contributed by atoms with Crippen LogP contribution in [-0.4, -0.2) is 11.5 Å². The zero-order chi connectivity index (χ0) is 14.4. The summed E-state index contributed by atoms with van der Waals surface area (Å²) in [5, 5.41) is 3.28. The van der Waals surface area contributed by atoms with Gasteiger partial charge in [0.1, 0.15) is 18.2 Å². The molecule has 1 aromatic heterocycles. The minimum atomic E-state index is 0.476. The van der Waals surface area contributed by atoms with Crippen LogP contribution in [-0.2, 0) is 6.61 Å². The molecule has 0 saturated carbocycles. The van der Waals surface area contributed by atoms with Crippen LogP contribution in [0.4, 0.5) is 5.82 Å². The first-order valence-electron chi connectivity index (χ1n) is 6.78. The molecule has 2 rings (SSSR count). The van der Waals surface area contributed by atoms with Crippen LogP contribution in [0.5, 0.6) is 5.75 Å². The lowest BCUT2D eigenvalue weighted by molar-refractivity contribution is 0.299. The summed E-state index contributed by atoms with van der Waals surface area (Å²) in [6, 6.07) is 11.9. The maximum atomic E-state index is 5.83. The highest BCUT2D eigenvalue weighted by Crippen LogP contribution is 2.23. The van der Waals surface area contributed by atoms with Gasteiger partial charge in [-0.3, -0.25) is 0 Å². The number of aryl methyl sites for hydroxylation is 1. The average Bonchev–Trinajstić information content (AvgIpc) is 2.45. The van der Waals surface area contributed by atoms with Gasteiger partial charge in [0.05, 0.1) is 5.69 Å². The van der Waals surface area contributed by atoms with Crippen LogP contribution in [0.2, 0.25) is 0 Å². The van der Waals surface area contributed by atoms with Gasteiger partial charge < -0.3 is 10.1 Å². The number of anilines is 1. The van der Waals surface area contributed by atoms with Crippen molar-refractivity contribution in [3.8, 4) is 5.75 Å². The lowest BCUT2D eigenvalue weighted by atomic mass is 10.2. The molecule has 3 nitrogen and oxygen atoms in total. The van der Waals surface area contributed by atoms with Crippen molar-refractivity contribution >= 4 is 21.7 Å². The van der Waals surface area contributed by atoms with Crippen LogP contribution < -0.4 is 10.1 Å². The predicted octanol–water partition coefficient (Wildman–Crippen LogP) is 4.55. The largest absolute Gasteiger partial charge is 0.487 e. The lowest BCUT2D eigenvalue weighted by Crippen LogP contribution is -2.05. The summed E-state index contributed by atoms with van der Waals surface area (Å²) >= 11 is 3.45. The van der Waals surface area contributed by atoms with Crippen molar-refractivity contribution in [2.24, 2.45) is 0 Å². The number of aromatic nitrogens is 1. The number of ether oxygens (including phenoxy) is 1. The molecule has 0 spiro atoms. The van der Waals surface area contributed by atoms with Crippen LogP contribution in [0, 0.1) is 6.92 Å². The quantitative estimate of drug-likeness (QED) is 0.841. The van der Waals surface area contributed by atoms with Gasteiger partial charge in [-0.05, 0) is 49.2 Å². The molecule has 0 aliphatic rings. The summed E-state index contributed by atoms with van der Waals surface area (Å²) < 4.78 is 6.89. The highest BCUT2D eigenvalue weighted by atomic mass is 79.9. The summed E-state index contributed by atoms with van der Waals surface area (Å²) in [4.78, 5) is 4.53. The fraction of sp³-hybridized carbons (Fsp3) is 0.312. The summed E-state index contributed by atoms with van der Waals surface area (Å²) in [7, 11) is 0. The molecule has 0 atom stereocenters. The molecule has 106 valence electrons. The normalized spacial score (nSPS) is 10.3. The number of halogens is 1. The molecule has 0 aliphatic carbocycles. The Hall–Kier alpha value is -1.55. The van der Waals surface area contributed by atoms with E-state index in [9.17, 15) is 0 Å². The summed E-state index contributed by atoms with van der Waals surface area (Å²) in [5.41, 5.74) is 2.04. The zero-order valence-corrected chi connectivity index (χ0v) is 13.4. The Balaban J connectivity index is 1.99. The number of benzene rings is 1. The van der Waals surface area contributed by atoms with E-state index < -0.39 is 0 Å². The van der Waals surface area contributed by atoms with E-state index in [4.69, 9.17) is 4.74 Å². The Morgan fingerprint density at radius 1 is 1.25 bits per heavy atom. The van der Waals surface area contributed by atoms with Crippen molar-refractivity contribution < 1.29 is 4.74 Å². The second kappa shape index (κ2) is 7.29. The van der Waals surface area contributed by atoms with E-state index in [1.807, 2.05) is 43.3 Å². The van der Waals surface area contributed by atoms with Crippen molar-refractivity contribution in [1.29, 1.82) is 0 Å². The number of nitrogens with one attached hydrogen (secondary N) is 1. The number of hydrogen-bond acceptors (Lipinski definition) is 3. The Kier molecular flexibility index (Phi) is 5.41. The number of rotatable bonds is 6. The maximum Gasteiger partial charge on any atom is 0.130 e. The van der Waals surface area contributed by atoms with Gasteiger partial charge in [-0.1, -0.05) is 28.9 Å². The topological polar surface area (TPSA) is 34.1 Å². The zero-order valence-electron chi connectivity index (χ0n) is 11.8. The summed E-state index contributed by atoms with van der Waals surface area (Å²) in [6.45, 7) is 5.58. The van der Waals surface area contributed by atoms with Gasteiger partial charge in [0, 0.05) is 11.0 Å². The molecule has 1 N–H and O–H groups in total. The molecule has 1 heterocycles. The van der Waals surface area contributed by atoms with E-state index in [2.05, 4.69) is 33.2 Å². The van der Waals surface area contributed by atoms with Gasteiger partial charge in [0.15, 0.2) is 0 Å². The van der Waals surface area contributed by atoms with Gasteiger partial charge in [-0.25, -0.2) is 4.98 Å². The van der Waals surface area contributed by atoms with Crippen molar-refractivity contribution in [2.45, 2.75) is 26.9 Å². The van der Waals surface area contributed by atoms with Crippen LogP contribution in [0.25, 0.3) is 0 Å². The van der Waals surface area contributed by atoms with Gasteiger partial charge in [0.25, 0.3) is 0 Å². The molecule has 0 saturated heterocycles. The first kappa shape index (κ1) is 14.9. The van der Waals surface area contributed by atoms with Gasteiger partial charge in [-0.2, -0.15) is 0 Å². The van der Waals surface area contributed by atoms with E-state index in [1.54, 1.807) is 0 Å². The third-order valence-electron chi connectivity index (χ3n) is 2.88. The molecule has 0 amide bonds. The molecule has 0 fully saturated rings. The van der Waals surface area contributed by atoms with Crippen molar-refractivity contribution in [3.63, 3.8) is 0 Å². The Labute approximate surface area is 128 Å². The molecule has 0 aliphatic heterocycles. The highest BCUT2D eigenvalue weighted by molar-refractivity contribution is 9.10. The fourth-order valence-corrected chi connectivity index (χ4v) is 2.31. The Morgan fingerprint density at radius 2 is 2.10 bits per heavy atom. The first-order valence-corrected chi connectivity index (χ1v) is 7.57. The molecule has 0 bridgehead atoms. The third kappa shape index (κ3) is 4.23. The highest BCUT2D eigenvalue weighted by Gasteiger charge is 2.02. The molecule has 0 unspecified atom stereocenters. The fourth-order valence-electron chi connectivity index (χ4n) is 1.84. The van der Waals surface area contributed by atoms with Crippen molar-refractivity contribution in [2.75, 3.05) is 11.9 Å². The van der Waals surface area contributed by atoms with Crippen LogP contribution in [0.15, 0.2) is 40.9 Å². The van der Waals surface area contributed by atoms with Gasteiger partial charge in [0.2, 0.25) is 0 Å². The Morgan fingerprint density at radius 3 is 2.85 bits per heavy atom. The lowest BCUT2D eigenvalue weighted by Gasteiger charge is -2.10. The minimum absolute atomic E-state index is 0.476. The number of nitrogens with zero attached hydrogens (tertiary/aromatic N) is 1. The first-order chi connectivity index (χ1) is 9.69. The number of pyridine rings is 1. The summed E-state index contributed by atoms with van der Waals surface area (Å²) in [6.07, 6.45) is 1.08. The van der Waals surface area contributed by atoms with E-state index >= 15 is 0 Å². The maximum absolute atomic E-state index is 5.83. The second-order valence-electron chi connectivity index (χ2n) is 4.64. The second-order valence-corrected chi connectivity index (χ2v) is 5.56. The molecule has 0 radical (unpaired) electrons. The van der Waals surface area contributed by atoms with E-state index in [1.165, 1.54) is 0 Å². The van der Waals surface area contributed by atoms with Crippen LogP contribution in [0.1, 0.15) is 24.6 Å². The predicted molar refractivity (Wildman–Crippen MR) is 86.2 cm³/mol. The van der Waals surface area contributed by atoms with Gasteiger partial charge >= 0.3 is 0 Å². The van der Waals surface area contributed by atoms with Gasteiger partial charge in [-0.15, -0.1) is 0 Å².